The van der Waals surface area contributed by atoms with Crippen LogP contribution < -0.4 is 11.3 Å². The number of hydrazine groups is 1. The number of nitrogens with zero attached hydrogens (tertiary/aromatic N) is 2. The highest BCUT2D eigenvalue weighted by molar-refractivity contribution is 7.20. The van der Waals surface area contributed by atoms with E-state index in [0.717, 1.165) is 24.1 Å². The van der Waals surface area contributed by atoms with Crippen molar-refractivity contribution in [1.82, 2.24) is 15.2 Å². The zero-order chi connectivity index (χ0) is 15.4. The standard InChI is InChI=1S/C14H20Cl2N4S/c1-3-10(4-2)20-6-5-9(19-20)7-12(18-17)11-8-13(15)21-14(11)16/h5-6,8,10,12,18H,3-4,7,17H2,1-2H3. The Morgan fingerprint density at radius 1 is 1.38 bits per heavy atom. The SMILES string of the molecule is CCC(CC)n1ccc(CC(NN)c2cc(Cl)sc2Cl)n1. The fourth-order valence-corrected chi connectivity index (χ4v) is 3.99. The van der Waals surface area contributed by atoms with Crippen molar-refractivity contribution in [2.24, 2.45) is 5.84 Å². The smallest absolute Gasteiger partial charge is 0.0992 e. The van der Waals surface area contributed by atoms with Crippen LogP contribution in [0.2, 0.25) is 8.67 Å². The molecular weight excluding hydrogens is 327 g/mol. The second-order valence-electron chi connectivity index (χ2n) is 4.96. The summed E-state index contributed by atoms with van der Waals surface area (Å²) in [6.07, 6.45) is 4.85. The van der Waals surface area contributed by atoms with E-state index in [0.29, 0.717) is 21.1 Å². The van der Waals surface area contributed by atoms with Crippen LogP contribution in [-0.2, 0) is 6.42 Å². The Balaban J connectivity index is 2.14. The Morgan fingerprint density at radius 3 is 2.62 bits per heavy atom. The molecule has 0 bridgehead atoms. The van der Waals surface area contributed by atoms with Crippen LogP contribution >= 0.6 is 34.5 Å². The molecule has 2 rings (SSSR count). The Morgan fingerprint density at radius 2 is 2.10 bits per heavy atom. The second-order valence-corrected chi connectivity index (χ2v) is 7.25. The highest BCUT2D eigenvalue weighted by Gasteiger charge is 2.18. The highest BCUT2D eigenvalue weighted by atomic mass is 35.5. The van der Waals surface area contributed by atoms with Crippen molar-refractivity contribution in [2.75, 3.05) is 0 Å². The fraction of sp³-hybridized carbons (Fsp3) is 0.500. The number of hydrogen-bond acceptors (Lipinski definition) is 4. The van der Waals surface area contributed by atoms with Gasteiger partial charge in [-0.2, -0.15) is 5.10 Å². The lowest BCUT2D eigenvalue weighted by Crippen LogP contribution is -2.29. The monoisotopic (exact) mass is 346 g/mol. The van der Waals surface area contributed by atoms with Crippen molar-refractivity contribution >= 4 is 34.5 Å². The Kier molecular flexibility index (Phi) is 6.08. The van der Waals surface area contributed by atoms with Crippen LogP contribution in [0.15, 0.2) is 18.3 Å². The normalized spacial score (nSPS) is 13.0. The van der Waals surface area contributed by atoms with E-state index in [2.05, 4.69) is 24.4 Å². The molecule has 7 heteroatoms. The maximum atomic E-state index is 6.20. The summed E-state index contributed by atoms with van der Waals surface area (Å²) in [5.41, 5.74) is 4.71. The number of aromatic nitrogens is 2. The molecule has 116 valence electrons. The van der Waals surface area contributed by atoms with E-state index in [-0.39, 0.29) is 6.04 Å². The van der Waals surface area contributed by atoms with Gasteiger partial charge in [-0.05, 0) is 25.0 Å². The summed E-state index contributed by atoms with van der Waals surface area (Å²) in [4.78, 5) is 0. The predicted molar refractivity (Wildman–Crippen MR) is 90.0 cm³/mol. The largest absolute Gasteiger partial charge is 0.271 e. The van der Waals surface area contributed by atoms with Gasteiger partial charge in [0.25, 0.3) is 0 Å². The molecule has 3 N–H and O–H groups in total. The number of rotatable bonds is 7. The lowest BCUT2D eigenvalue weighted by atomic mass is 10.1. The van der Waals surface area contributed by atoms with Crippen LogP contribution in [0.1, 0.15) is 50.0 Å². The van der Waals surface area contributed by atoms with Gasteiger partial charge in [0.05, 0.1) is 26.5 Å². The molecule has 0 saturated heterocycles. The third-order valence-corrected chi connectivity index (χ3v) is 5.17. The van der Waals surface area contributed by atoms with E-state index in [4.69, 9.17) is 29.0 Å². The van der Waals surface area contributed by atoms with Gasteiger partial charge in [-0.25, -0.2) is 0 Å². The summed E-state index contributed by atoms with van der Waals surface area (Å²) in [5, 5.41) is 4.65. The van der Waals surface area contributed by atoms with E-state index in [1.54, 1.807) is 0 Å². The van der Waals surface area contributed by atoms with Crippen LogP contribution in [0.3, 0.4) is 0 Å². The minimum atomic E-state index is -0.0914. The molecule has 4 nitrogen and oxygen atoms in total. The first-order valence-electron chi connectivity index (χ1n) is 7.03. The molecule has 0 aliphatic rings. The summed E-state index contributed by atoms with van der Waals surface area (Å²) < 4.78 is 3.37. The fourth-order valence-electron chi connectivity index (χ4n) is 2.41. The molecule has 1 unspecified atom stereocenters. The van der Waals surface area contributed by atoms with Gasteiger partial charge < -0.3 is 0 Å². The third-order valence-electron chi connectivity index (χ3n) is 3.65. The average Bonchev–Trinajstić information content (AvgIpc) is 3.04. The second kappa shape index (κ2) is 7.61. The molecule has 0 saturated carbocycles. The molecule has 0 aliphatic heterocycles. The van der Waals surface area contributed by atoms with Crippen LogP contribution in [-0.4, -0.2) is 9.78 Å². The Bertz CT molecular complexity index is 577. The molecule has 0 aliphatic carbocycles. The van der Waals surface area contributed by atoms with E-state index in [1.807, 2.05) is 23.0 Å². The quantitative estimate of drug-likeness (QED) is 0.578. The highest BCUT2D eigenvalue weighted by Crippen LogP contribution is 2.35. The molecule has 2 aromatic heterocycles. The number of thiophene rings is 1. The maximum absolute atomic E-state index is 6.20. The molecule has 0 amide bonds. The average molecular weight is 347 g/mol. The van der Waals surface area contributed by atoms with Crippen molar-refractivity contribution in [2.45, 2.75) is 45.2 Å². The van der Waals surface area contributed by atoms with Gasteiger partial charge in [0.15, 0.2) is 0 Å². The zero-order valence-electron chi connectivity index (χ0n) is 12.1. The number of hydrogen-bond donors (Lipinski definition) is 2. The first-order chi connectivity index (χ1) is 10.1. The minimum absolute atomic E-state index is 0.0914. The maximum Gasteiger partial charge on any atom is 0.0992 e. The summed E-state index contributed by atoms with van der Waals surface area (Å²) in [5.74, 6) is 5.67. The van der Waals surface area contributed by atoms with E-state index in [9.17, 15) is 0 Å². The van der Waals surface area contributed by atoms with Gasteiger partial charge in [0.1, 0.15) is 0 Å². The number of nitrogens with one attached hydrogen (secondary N) is 1. The van der Waals surface area contributed by atoms with Gasteiger partial charge in [-0.15, -0.1) is 11.3 Å². The summed E-state index contributed by atoms with van der Waals surface area (Å²) in [7, 11) is 0. The van der Waals surface area contributed by atoms with Crippen LogP contribution in [0, 0.1) is 0 Å². The van der Waals surface area contributed by atoms with Crippen molar-refractivity contribution in [1.29, 1.82) is 0 Å². The van der Waals surface area contributed by atoms with Crippen molar-refractivity contribution in [3.63, 3.8) is 0 Å². The van der Waals surface area contributed by atoms with E-state index in [1.165, 1.54) is 11.3 Å². The first kappa shape index (κ1) is 16.8. The van der Waals surface area contributed by atoms with Gasteiger partial charge in [-0.3, -0.25) is 16.0 Å². The van der Waals surface area contributed by atoms with Crippen molar-refractivity contribution < 1.29 is 0 Å². The molecule has 2 aromatic rings. The zero-order valence-corrected chi connectivity index (χ0v) is 14.5. The van der Waals surface area contributed by atoms with Crippen LogP contribution in [0.25, 0.3) is 0 Å². The Hall–Kier alpha value is -0.590. The Labute approximate surface area is 139 Å². The lowest BCUT2D eigenvalue weighted by Gasteiger charge is -2.15. The van der Waals surface area contributed by atoms with Crippen LogP contribution in [0.5, 0.6) is 0 Å². The molecule has 0 aromatic carbocycles. The van der Waals surface area contributed by atoms with E-state index >= 15 is 0 Å². The van der Waals surface area contributed by atoms with Gasteiger partial charge in [-0.1, -0.05) is 37.0 Å². The number of nitrogens with two attached hydrogens (primary N) is 1. The summed E-state index contributed by atoms with van der Waals surface area (Å²) >= 11 is 13.5. The van der Waals surface area contributed by atoms with Crippen molar-refractivity contribution in [3.05, 3.63) is 38.3 Å². The van der Waals surface area contributed by atoms with Gasteiger partial charge in [0.2, 0.25) is 0 Å². The van der Waals surface area contributed by atoms with Gasteiger partial charge in [0, 0.05) is 18.2 Å². The minimum Gasteiger partial charge on any atom is -0.271 e. The first-order valence-corrected chi connectivity index (χ1v) is 8.61. The van der Waals surface area contributed by atoms with Crippen molar-refractivity contribution in [3.8, 4) is 0 Å². The van der Waals surface area contributed by atoms with Gasteiger partial charge >= 0.3 is 0 Å². The molecular formula is C14H20Cl2N4S. The lowest BCUT2D eigenvalue weighted by molar-refractivity contribution is 0.422. The summed E-state index contributed by atoms with van der Waals surface area (Å²) in [6, 6.07) is 4.25. The molecule has 21 heavy (non-hydrogen) atoms. The summed E-state index contributed by atoms with van der Waals surface area (Å²) in [6.45, 7) is 4.35. The number of halogens is 2. The molecule has 1 atom stereocenters. The van der Waals surface area contributed by atoms with E-state index < -0.39 is 0 Å². The topological polar surface area (TPSA) is 55.9 Å². The molecule has 0 radical (unpaired) electrons. The molecule has 0 fully saturated rings. The third kappa shape index (κ3) is 3.99. The molecule has 0 spiro atoms. The molecule has 2 heterocycles. The van der Waals surface area contributed by atoms with Crippen LogP contribution in [0.4, 0.5) is 0 Å². The predicted octanol–water partition coefficient (Wildman–Crippen LogP) is 4.36.